The standard InChI is InChI=1S/C15H20N4OS.C2HF3O2/c1-10-5-6-21-14(10)15(20)19-7-11-12(8-17(2)3)16-18(4)13(11)9-19;3-2(4,5)1(6)7/h5-6H,7-9H2,1-4H3;(H,6,7). The van der Waals surface area contributed by atoms with Crippen LogP contribution in [0.5, 0.6) is 0 Å². The van der Waals surface area contributed by atoms with Crippen LogP contribution >= 0.6 is 11.3 Å². The van der Waals surface area contributed by atoms with Crippen molar-refractivity contribution in [2.24, 2.45) is 7.05 Å². The third-order valence-electron chi connectivity index (χ3n) is 4.10. The Labute approximate surface area is 164 Å². The zero-order chi connectivity index (χ0) is 21.2. The number of alkyl halides is 3. The topological polar surface area (TPSA) is 78.7 Å². The lowest BCUT2D eigenvalue weighted by Crippen LogP contribution is -2.26. The van der Waals surface area contributed by atoms with Gasteiger partial charge < -0.3 is 14.9 Å². The molecule has 1 amide bonds. The van der Waals surface area contributed by atoms with E-state index < -0.39 is 12.1 Å². The van der Waals surface area contributed by atoms with Crippen LogP contribution in [-0.2, 0) is 31.5 Å². The van der Waals surface area contributed by atoms with Crippen LogP contribution in [0.4, 0.5) is 13.2 Å². The summed E-state index contributed by atoms with van der Waals surface area (Å²) in [6.07, 6.45) is -5.08. The minimum Gasteiger partial charge on any atom is -0.475 e. The molecule has 0 radical (unpaired) electrons. The predicted molar refractivity (Wildman–Crippen MR) is 96.9 cm³/mol. The number of aryl methyl sites for hydroxylation is 2. The van der Waals surface area contributed by atoms with Crippen LogP contribution in [0.25, 0.3) is 0 Å². The number of hydrogen-bond donors (Lipinski definition) is 1. The van der Waals surface area contributed by atoms with Crippen molar-refractivity contribution in [2.75, 3.05) is 14.1 Å². The Bertz CT molecular complexity index is 874. The molecule has 1 N–H and O–H groups in total. The monoisotopic (exact) mass is 418 g/mol. The fraction of sp³-hybridized carbons (Fsp3) is 0.471. The van der Waals surface area contributed by atoms with Crippen LogP contribution in [0.2, 0.25) is 0 Å². The number of halogens is 3. The highest BCUT2D eigenvalue weighted by atomic mass is 32.1. The first-order chi connectivity index (χ1) is 12.9. The van der Waals surface area contributed by atoms with Crippen molar-refractivity contribution >= 4 is 23.2 Å². The Hall–Kier alpha value is -2.40. The van der Waals surface area contributed by atoms with Gasteiger partial charge in [0.25, 0.3) is 5.91 Å². The predicted octanol–water partition coefficient (Wildman–Crippen LogP) is 2.64. The van der Waals surface area contributed by atoms with E-state index in [1.807, 2.05) is 49.1 Å². The van der Waals surface area contributed by atoms with Gasteiger partial charge in [-0.15, -0.1) is 11.3 Å². The highest BCUT2D eigenvalue weighted by molar-refractivity contribution is 7.12. The van der Waals surface area contributed by atoms with Crippen LogP contribution < -0.4 is 0 Å². The number of aromatic nitrogens is 2. The van der Waals surface area contributed by atoms with E-state index in [2.05, 4.69) is 10.00 Å². The summed E-state index contributed by atoms with van der Waals surface area (Å²) in [7, 11) is 6.03. The number of carboxylic acids is 1. The fourth-order valence-corrected chi connectivity index (χ4v) is 3.67. The van der Waals surface area contributed by atoms with Crippen LogP contribution in [0.15, 0.2) is 11.4 Å². The smallest absolute Gasteiger partial charge is 0.475 e. The summed E-state index contributed by atoms with van der Waals surface area (Å²) in [5.74, 6) is -2.62. The molecular weight excluding hydrogens is 397 g/mol. The van der Waals surface area contributed by atoms with Gasteiger partial charge >= 0.3 is 12.1 Å². The molecule has 1 aliphatic rings. The second-order valence-electron chi connectivity index (χ2n) is 6.63. The summed E-state index contributed by atoms with van der Waals surface area (Å²) >= 11 is 1.52. The van der Waals surface area contributed by atoms with E-state index in [0.717, 1.165) is 28.4 Å². The Balaban J connectivity index is 0.000000345. The van der Waals surface area contributed by atoms with E-state index in [0.29, 0.717) is 13.1 Å². The normalized spacial score (nSPS) is 13.4. The number of carbonyl (C=O) groups is 2. The number of aliphatic carboxylic acids is 1. The number of fused-ring (bicyclic) bond motifs is 1. The highest BCUT2D eigenvalue weighted by Crippen LogP contribution is 2.29. The molecule has 154 valence electrons. The number of thiophene rings is 1. The molecule has 28 heavy (non-hydrogen) atoms. The molecule has 0 aliphatic carbocycles. The maximum atomic E-state index is 12.6. The van der Waals surface area contributed by atoms with E-state index >= 15 is 0 Å². The third kappa shape index (κ3) is 4.90. The van der Waals surface area contributed by atoms with Crippen molar-refractivity contribution in [3.8, 4) is 0 Å². The number of hydrogen-bond acceptors (Lipinski definition) is 5. The van der Waals surface area contributed by atoms with Gasteiger partial charge in [-0.3, -0.25) is 9.48 Å². The molecule has 0 aromatic carbocycles. The largest absolute Gasteiger partial charge is 0.490 e. The lowest BCUT2D eigenvalue weighted by atomic mass is 10.2. The lowest BCUT2D eigenvalue weighted by Gasteiger charge is -2.16. The quantitative estimate of drug-likeness (QED) is 0.829. The van der Waals surface area contributed by atoms with Crippen molar-refractivity contribution in [3.63, 3.8) is 0 Å². The Morgan fingerprint density at radius 3 is 2.39 bits per heavy atom. The Morgan fingerprint density at radius 1 is 1.32 bits per heavy atom. The average Bonchev–Trinajstić information content (AvgIpc) is 3.24. The molecule has 1 aliphatic heterocycles. The van der Waals surface area contributed by atoms with Crippen molar-refractivity contribution in [3.05, 3.63) is 38.8 Å². The molecule has 2 aromatic heterocycles. The molecule has 2 aromatic rings. The summed E-state index contributed by atoms with van der Waals surface area (Å²) < 4.78 is 33.7. The Kier molecular flexibility index (Phi) is 6.50. The van der Waals surface area contributed by atoms with E-state index in [1.165, 1.54) is 16.9 Å². The van der Waals surface area contributed by atoms with Gasteiger partial charge in [0.05, 0.1) is 29.4 Å². The number of carboxylic acid groups (broad SMARTS) is 1. The Morgan fingerprint density at radius 2 is 1.93 bits per heavy atom. The van der Waals surface area contributed by atoms with Crippen LogP contribution in [0.3, 0.4) is 0 Å². The molecule has 0 spiro atoms. The second-order valence-corrected chi connectivity index (χ2v) is 7.55. The first-order valence-electron chi connectivity index (χ1n) is 8.23. The van der Waals surface area contributed by atoms with Crippen molar-refractivity contribution in [1.82, 2.24) is 19.6 Å². The average molecular weight is 418 g/mol. The number of amides is 1. The minimum absolute atomic E-state index is 0.134. The molecule has 0 fully saturated rings. The molecule has 11 heteroatoms. The number of rotatable bonds is 3. The number of nitrogens with zero attached hydrogens (tertiary/aromatic N) is 4. The molecule has 0 saturated carbocycles. The molecule has 0 bridgehead atoms. The van der Waals surface area contributed by atoms with Crippen molar-refractivity contribution in [2.45, 2.75) is 32.7 Å². The fourth-order valence-electron chi connectivity index (χ4n) is 2.78. The van der Waals surface area contributed by atoms with Crippen molar-refractivity contribution < 1.29 is 27.9 Å². The summed E-state index contributed by atoms with van der Waals surface area (Å²) in [4.78, 5) is 26.4. The first kappa shape index (κ1) is 21.9. The van der Waals surface area contributed by atoms with Gasteiger partial charge in [0.2, 0.25) is 0 Å². The van der Waals surface area contributed by atoms with E-state index in [1.54, 1.807) is 0 Å². The lowest BCUT2D eigenvalue weighted by molar-refractivity contribution is -0.192. The van der Waals surface area contributed by atoms with Crippen LogP contribution in [-0.4, -0.2) is 56.8 Å². The van der Waals surface area contributed by atoms with Gasteiger partial charge in [-0.05, 0) is 38.0 Å². The van der Waals surface area contributed by atoms with Gasteiger partial charge in [-0.25, -0.2) is 4.79 Å². The van der Waals surface area contributed by atoms with E-state index in [9.17, 15) is 18.0 Å². The van der Waals surface area contributed by atoms with E-state index in [4.69, 9.17) is 9.90 Å². The van der Waals surface area contributed by atoms with Crippen LogP contribution in [0, 0.1) is 6.92 Å². The zero-order valence-electron chi connectivity index (χ0n) is 15.9. The molecular formula is C17H21F3N4O3S. The summed E-state index contributed by atoms with van der Waals surface area (Å²) in [6.45, 7) is 4.13. The second kappa shape index (κ2) is 8.31. The zero-order valence-corrected chi connectivity index (χ0v) is 16.7. The van der Waals surface area contributed by atoms with Gasteiger partial charge in [0, 0.05) is 19.2 Å². The van der Waals surface area contributed by atoms with Gasteiger partial charge in [-0.2, -0.15) is 18.3 Å². The molecule has 7 nitrogen and oxygen atoms in total. The molecule has 0 unspecified atom stereocenters. The molecule has 3 heterocycles. The summed E-state index contributed by atoms with van der Waals surface area (Å²) in [6, 6.07) is 2.00. The summed E-state index contributed by atoms with van der Waals surface area (Å²) in [5, 5.41) is 13.7. The minimum atomic E-state index is -5.08. The first-order valence-corrected chi connectivity index (χ1v) is 9.11. The molecule has 0 atom stereocenters. The summed E-state index contributed by atoms with van der Waals surface area (Å²) in [5.41, 5.74) is 4.52. The van der Waals surface area contributed by atoms with Crippen molar-refractivity contribution in [1.29, 1.82) is 0 Å². The SMILES string of the molecule is Cc1ccsc1C(=O)N1Cc2c(CN(C)C)nn(C)c2C1.O=C(O)C(F)(F)F. The maximum Gasteiger partial charge on any atom is 0.490 e. The van der Waals surface area contributed by atoms with Gasteiger partial charge in [0.15, 0.2) is 0 Å². The third-order valence-corrected chi connectivity index (χ3v) is 5.10. The highest BCUT2D eigenvalue weighted by Gasteiger charge is 2.38. The maximum absolute atomic E-state index is 12.6. The number of carbonyl (C=O) groups excluding carboxylic acids is 1. The van der Waals surface area contributed by atoms with Gasteiger partial charge in [0.1, 0.15) is 0 Å². The van der Waals surface area contributed by atoms with Gasteiger partial charge in [-0.1, -0.05) is 0 Å². The van der Waals surface area contributed by atoms with E-state index in [-0.39, 0.29) is 5.91 Å². The molecule has 0 saturated heterocycles. The molecule has 3 rings (SSSR count). The van der Waals surface area contributed by atoms with Crippen LogP contribution in [0.1, 0.15) is 32.2 Å².